The highest BCUT2D eigenvalue weighted by atomic mass is 35.5. The van der Waals surface area contributed by atoms with Crippen molar-refractivity contribution in [3.8, 4) is 61.8 Å². The number of rotatable bonds is 16. The van der Waals surface area contributed by atoms with Crippen molar-refractivity contribution in [3.63, 3.8) is 0 Å². The van der Waals surface area contributed by atoms with Crippen LogP contribution >= 0.6 is 22.9 Å². The van der Waals surface area contributed by atoms with Crippen LogP contribution in [0.15, 0.2) is 97.5 Å². The van der Waals surface area contributed by atoms with Crippen LogP contribution in [0.5, 0.6) is 28.9 Å². The summed E-state index contributed by atoms with van der Waals surface area (Å²) in [5.74, 6) is -0.0196. The summed E-state index contributed by atoms with van der Waals surface area (Å²) in [6.45, 7) is 7.15. The van der Waals surface area contributed by atoms with Gasteiger partial charge in [0.05, 0.1) is 28.8 Å². The van der Waals surface area contributed by atoms with E-state index in [1.807, 2.05) is 19.1 Å². The summed E-state index contributed by atoms with van der Waals surface area (Å²) in [4.78, 5) is 37.0. The number of nitrogens with zero attached hydrogens (tertiary/aromatic N) is 6. The SMILES string of the molecule is COc1c(O)cccc1-c1nccc(COc2ccccc2CC(Oc2ncnc3sc(-c4ccc(F)cc4)c(-c4ccc(OCCN5CCN(C)CC5)c(Cl)c4C)c23)C(=O)O)n1. The number of methoxy groups -OCH3 is 1. The molecular weight excluding hydrogens is 847 g/mol. The first-order valence-corrected chi connectivity index (χ1v) is 21.4. The molecule has 0 amide bonds. The van der Waals surface area contributed by atoms with Crippen LogP contribution in [0.3, 0.4) is 0 Å². The largest absolute Gasteiger partial charge is 0.504 e. The van der Waals surface area contributed by atoms with Crippen LogP contribution in [0, 0.1) is 12.7 Å². The minimum absolute atomic E-state index is 0.0330. The third-order valence-corrected chi connectivity index (χ3v) is 12.5. The van der Waals surface area contributed by atoms with Crippen molar-refractivity contribution < 1.29 is 38.3 Å². The molecule has 2 N–H and O–H groups in total. The first kappa shape index (κ1) is 43.3. The Bertz CT molecular complexity index is 2750. The Balaban J connectivity index is 1.08. The van der Waals surface area contributed by atoms with Crippen LogP contribution in [0.4, 0.5) is 4.39 Å². The Morgan fingerprint density at radius 1 is 0.921 bits per heavy atom. The molecule has 7 aromatic rings. The summed E-state index contributed by atoms with van der Waals surface area (Å²) in [5, 5.41) is 21.8. The van der Waals surface area contributed by atoms with Crippen molar-refractivity contribution in [1.82, 2.24) is 29.7 Å². The Hall–Kier alpha value is -6.39. The number of hydrogen-bond acceptors (Lipinski definition) is 13. The summed E-state index contributed by atoms with van der Waals surface area (Å²) >= 11 is 8.41. The summed E-state index contributed by atoms with van der Waals surface area (Å²) in [5.41, 5.74) is 4.47. The molecule has 1 saturated heterocycles. The number of piperazine rings is 1. The van der Waals surface area contributed by atoms with Crippen molar-refractivity contribution in [2.24, 2.45) is 0 Å². The quantitative estimate of drug-likeness (QED) is 0.0954. The van der Waals surface area contributed by atoms with E-state index in [4.69, 9.17) is 30.5 Å². The average Bonchev–Trinajstić information content (AvgIpc) is 3.68. The van der Waals surface area contributed by atoms with E-state index < -0.39 is 12.1 Å². The third kappa shape index (κ3) is 9.66. The second kappa shape index (κ2) is 19.3. The molecule has 1 fully saturated rings. The van der Waals surface area contributed by atoms with Crippen LogP contribution in [-0.4, -0.2) is 106 Å². The smallest absolute Gasteiger partial charge is 0.345 e. The highest BCUT2D eigenvalue weighted by molar-refractivity contribution is 7.22. The van der Waals surface area contributed by atoms with Gasteiger partial charge < -0.3 is 34.1 Å². The zero-order valence-corrected chi connectivity index (χ0v) is 36.3. The minimum Gasteiger partial charge on any atom is -0.504 e. The number of carboxylic acid groups (broad SMARTS) is 1. The second-order valence-electron chi connectivity index (χ2n) is 15.0. The zero-order chi connectivity index (χ0) is 44.0. The maximum absolute atomic E-state index is 14.2. The summed E-state index contributed by atoms with van der Waals surface area (Å²) in [7, 11) is 3.58. The summed E-state index contributed by atoms with van der Waals surface area (Å²) in [6, 6.07) is 23.6. The zero-order valence-electron chi connectivity index (χ0n) is 34.8. The van der Waals surface area contributed by atoms with E-state index in [1.165, 1.54) is 43.0 Å². The summed E-state index contributed by atoms with van der Waals surface area (Å²) < 4.78 is 38.4. The number of likely N-dealkylation sites (N-methyl/N-ethyl adjacent to an activating group) is 1. The van der Waals surface area contributed by atoms with Gasteiger partial charge in [-0.1, -0.05) is 54.1 Å². The van der Waals surface area contributed by atoms with E-state index in [0.717, 1.165) is 54.3 Å². The standard InChI is InChI=1S/C47H44ClFN6O7S/c1-28-33(15-16-37(41(28)48)60-24-23-55-21-19-54(2)20-22-55)39-40-45(51-27-52-46(40)63-43(39)29-11-13-31(49)14-12-29)62-38(47(57)58)25-30-7-4-5-10-36(30)61-26-32-17-18-50-44(53-32)34-8-6-9-35(56)42(34)59-3/h4-18,27,38,56H,19-26H2,1-3H3,(H,57,58). The molecule has 1 atom stereocenters. The van der Waals surface area contributed by atoms with Gasteiger partial charge in [0.15, 0.2) is 17.3 Å². The number of thiophene rings is 1. The molecule has 0 saturated carbocycles. The number of hydrogen-bond donors (Lipinski definition) is 2. The van der Waals surface area contributed by atoms with Gasteiger partial charge in [-0.25, -0.2) is 29.1 Å². The molecule has 8 rings (SSSR count). The minimum atomic E-state index is -1.40. The van der Waals surface area contributed by atoms with Gasteiger partial charge >= 0.3 is 5.97 Å². The first-order chi connectivity index (χ1) is 30.6. The van der Waals surface area contributed by atoms with E-state index in [9.17, 15) is 19.4 Å². The number of halogens is 2. The van der Waals surface area contributed by atoms with Crippen LogP contribution in [0.2, 0.25) is 5.02 Å². The number of aliphatic carboxylic acids is 1. The van der Waals surface area contributed by atoms with Gasteiger partial charge in [0.1, 0.15) is 41.7 Å². The fraction of sp³-hybridized carbons (Fsp3) is 0.255. The van der Waals surface area contributed by atoms with Crippen molar-refractivity contribution >= 4 is 39.1 Å². The Kier molecular flexibility index (Phi) is 13.3. The molecule has 16 heteroatoms. The predicted molar refractivity (Wildman–Crippen MR) is 240 cm³/mol. The van der Waals surface area contributed by atoms with E-state index in [-0.39, 0.29) is 36.2 Å². The lowest BCUT2D eigenvalue weighted by Crippen LogP contribution is -2.45. The van der Waals surface area contributed by atoms with E-state index in [0.29, 0.717) is 61.6 Å². The number of benzene rings is 4. The van der Waals surface area contributed by atoms with Gasteiger partial charge in [-0.05, 0) is 78.7 Å². The Morgan fingerprint density at radius 3 is 2.49 bits per heavy atom. The maximum atomic E-state index is 14.2. The third-order valence-electron chi connectivity index (χ3n) is 10.9. The van der Waals surface area contributed by atoms with Gasteiger partial charge in [-0.2, -0.15) is 0 Å². The second-order valence-corrected chi connectivity index (χ2v) is 16.4. The monoisotopic (exact) mass is 890 g/mol. The highest BCUT2D eigenvalue weighted by Crippen LogP contribution is 2.49. The lowest BCUT2D eigenvalue weighted by molar-refractivity contribution is -0.145. The number of phenolic OH excluding ortho intramolecular Hbond substituents is 1. The molecule has 13 nitrogen and oxygen atoms in total. The molecule has 1 aliphatic rings. The van der Waals surface area contributed by atoms with Crippen LogP contribution in [-0.2, 0) is 17.8 Å². The number of phenols is 1. The lowest BCUT2D eigenvalue weighted by Gasteiger charge is -2.32. The van der Waals surface area contributed by atoms with Gasteiger partial charge in [0.25, 0.3) is 0 Å². The van der Waals surface area contributed by atoms with Gasteiger partial charge in [-0.3, -0.25) is 4.90 Å². The summed E-state index contributed by atoms with van der Waals surface area (Å²) in [6.07, 6.45) is 1.44. The number of ether oxygens (including phenoxy) is 4. The van der Waals surface area contributed by atoms with Crippen molar-refractivity contribution in [2.45, 2.75) is 26.1 Å². The van der Waals surface area contributed by atoms with Gasteiger partial charge in [-0.15, -0.1) is 11.3 Å². The molecule has 0 spiro atoms. The number of para-hydroxylation sites is 2. The number of aromatic hydroxyl groups is 1. The molecular formula is C47H44ClFN6O7S. The fourth-order valence-corrected chi connectivity index (χ4v) is 8.83. The fourth-order valence-electron chi connectivity index (χ4n) is 7.46. The van der Waals surface area contributed by atoms with Crippen LogP contribution in [0.1, 0.15) is 16.8 Å². The van der Waals surface area contributed by atoms with Gasteiger partial charge in [0.2, 0.25) is 12.0 Å². The molecule has 324 valence electrons. The number of carbonyl (C=O) groups is 1. The molecule has 3 aromatic heterocycles. The van der Waals surface area contributed by atoms with E-state index >= 15 is 0 Å². The molecule has 1 aliphatic heterocycles. The van der Waals surface area contributed by atoms with E-state index in [1.54, 1.807) is 60.8 Å². The first-order valence-electron chi connectivity index (χ1n) is 20.2. The molecule has 1 unspecified atom stereocenters. The molecule has 0 bridgehead atoms. The molecule has 0 radical (unpaired) electrons. The lowest BCUT2D eigenvalue weighted by atomic mass is 9.96. The topological polar surface area (TPSA) is 152 Å². The Morgan fingerprint density at radius 2 is 1.71 bits per heavy atom. The highest BCUT2D eigenvalue weighted by Gasteiger charge is 2.28. The maximum Gasteiger partial charge on any atom is 0.345 e. The van der Waals surface area contributed by atoms with Crippen molar-refractivity contribution in [1.29, 1.82) is 0 Å². The van der Waals surface area contributed by atoms with Gasteiger partial charge in [0, 0.05) is 55.8 Å². The van der Waals surface area contributed by atoms with Crippen molar-refractivity contribution in [2.75, 3.05) is 53.5 Å². The van der Waals surface area contributed by atoms with Crippen LogP contribution < -0.4 is 18.9 Å². The Labute approximate surface area is 372 Å². The van der Waals surface area contributed by atoms with Crippen molar-refractivity contribution in [3.05, 3.63) is 125 Å². The normalized spacial score (nSPS) is 13.8. The number of aromatic nitrogens is 4. The molecule has 63 heavy (non-hydrogen) atoms. The number of carboxylic acids is 1. The average molecular weight is 891 g/mol. The van der Waals surface area contributed by atoms with E-state index in [2.05, 4.69) is 36.8 Å². The molecule has 4 heterocycles. The van der Waals surface area contributed by atoms with Crippen LogP contribution in [0.25, 0.3) is 43.2 Å². The number of fused-ring (bicyclic) bond motifs is 1. The molecule has 0 aliphatic carbocycles. The molecule has 4 aromatic carbocycles. The predicted octanol–water partition coefficient (Wildman–Crippen LogP) is 8.58.